The van der Waals surface area contributed by atoms with Crippen molar-refractivity contribution in [1.29, 1.82) is 0 Å². The van der Waals surface area contributed by atoms with Crippen LogP contribution < -0.4 is 10.6 Å². The van der Waals surface area contributed by atoms with Crippen molar-refractivity contribution in [3.05, 3.63) is 67.2 Å². The molecule has 7 heteroatoms. The fraction of sp³-hybridized carbons (Fsp3) is 0.176. The van der Waals surface area contributed by atoms with E-state index in [1.54, 1.807) is 18.2 Å². The summed E-state index contributed by atoms with van der Waals surface area (Å²) in [6.07, 6.45) is 0.565. The first-order chi connectivity index (χ1) is 11.5. The monoisotopic (exact) mass is 476 g/mol. The molecule has 0 heterocycles. The molecule has 0 aliphatic heterocycles. The topological polar surface area (TPSA) is 58.2 Å². The van der Waals surface area contributed by atoms with E-state index < -0.39 is 0 Å². The van der Waals surface area contributed by atoms with E-state index in [0.717, 1.165) is 9.13 Å². The van der Waals surface area contributed by atoms with Gasteiger partial charge in [-0.25, -0.2) is 0 Å². The Kier molecular flexibility index (Phi) is 7.33. The molecule has 0 spiro atoms. The summed E-state index contributed by atoms with van der Waals surface area (Å²) in [6.45, 7) is 0.338. The van der Waals surface area contributed by atoms with E-state index >= 15 is 0 Å². The molecule has 4 nitrogen and oxygen atoms in total. The maximum absolute atomic E-state index is 12.0. The van der Waals surface area contributed by atoms with Crippen LogP contribution in [-0.4, -0.2) is 24.9 Å². The Bertz CT molecular complexity index is 753. The van der Waals surface area contributed by atoms with Crippen molar-refractivity contribution in [2.75, 3.05) is 13.1 Å². The number of nitrogens with one attached hydrogen (secondary N) is 2. The SMILES string of the molecule is O=C(CNC(=O)c1ccccc1I)NCCc1cccc(Cl)c1Cl. The Morgan fingerprint density at radius 2 is 1.75 bits per heavy atom. The summed E-state index contributed by atoms with van der Waals surface area (Å²) >= 11 is 14.1. The Morgan fingerprint density at radius 1 is 1.00 bits per heavy atom. The summed E-state index contributed by atoms with van der Waals surface area (Å²) in [5, 5.41) is 6.34. The zero-order chi connectivity index (χ0) is 17.5. The third-order valence-corrected chi connectivity index (χ3v) is 5.07. The first kappa shape index (κ1) is 19.0. The highest BCUT2D eigenvalue weighted by atomic mass is 127. The minimum absolute atomic E-state index is 0.0763. The van der Waals surface area contributed by atoms with Crippen LogP contribution in [0, 0.1) is 3.57 Å². The molecule has 2 aromatic rings. The Balaban J connectivity index is 1.77. The molecule has 2 aromatic carbocycles. The van der Waals surface area contributed by atoms with Gasteiger partial charge in [-0.2, -0.15) is 0 Å². The van der Waals surface area contributed by atoms with Crippen LogP contribution in [0.5, 0.6) is 0 Å². The smallest absolute Gasteiger partial charge is 0.252 e. The molecule has 0 bridgehead atoms. The Morgan fingerprint density at radius 3 is 2.50 bits per heavy atom. The zero-order valence-corrected chi connectivity index (χ0v) is 16.3. The summed E-state index contributed by atoms with van der Waals surface area (Å²) in [5.74, 6) is -0.527. The van der Waals surface area contributed by atoms with Gasteiger partial charge in [0.15, 0.2) is 0 Å². The van der Waals surface area contributed by atoms with E-state index in [9.17, 15) is 9.59 Å². The first-order valence-corrected chi connectivity index (χ1v) is 9.05. The van der Waals surface area contributed by atoms with Crippen LogP contribution in [0.25, 0.3) is 0 Å². The van der Waals surface area contributed by atoms with Gasteiger partial charge in [0.2, 0.25) is 5.91 Å². The molecule has 2 N–H and O–H groups in total. The molecule has 0 aliphatic carbocycles. The second kappa shape index (κ2) is 9.25. The highest BCUT2D eigenvalue weighted by Gasteiger charge is 2.11. The van der Waals surface area contributed by atoms with Gasteiger partial charge in [-0.15, -0.1) is 0 Å². The molecule has 126 valence electrons. The van der Waals surface area contributed by atoms with Crippen LogP contribution in [0.15, 0.2) is 42.5 Å². The molecular formula is C17H15Cl2IN2O2. The van der Waals surface area contributed by atoms with Crippen LogP contribution in [-0.2, 0) is 11.2 Å². The summed E-state index contributed by atoms with van der Waals surface area (Å²) in [5.41, 5.74) is 1.42. The van der Waals surface area contributed by atoms with E-state index in [1.807, 2.05) is 24.3 Å². The van der Waals surface area contributed by atoms with Crippen LogP contribution in [0.2, 0.25) is 10.0 Å². The molecule has 0 fully saturated rings. The largest absolute Gasteiger partial charge is 0.354 e. The predicted molar refractivity (Wildman–Crippen MR) is 105 cm³/mol. The maximum atomic E-state index is 12.0. The van der Waals surface area contributed by atoms with E-state index in [-0.39, 0.29) is 18.4 Å². The fourth-order valence-electron chi connectivity index (χ4n) is 2.04. The summed E-state index contributed by atoms with van der Waals surface area (Å²) in [4.78, 5) is 23.8. The van der Waals surface area contributed by atoms with Gasteiger partial charge in [-0.05, 0) is 52.8 Å². The highest BCUT2D eigenvalue weighted by Crippen LogP contribution is 2.25. The second-order valence-electron chi connectivity index (χ2n) is 4.98. The lowest BCUT2D eigenvalue weighted by Gasteiger charge is -2.09. The summed E-state index contributed by atoms with van der Waals surface area (Å²) < 4.78 is 0.837. The normalized spacial score (nSPS) is 10.3. The average Bonchev–Trinajstić information content (AvgIpc) is 2.57. The van der Waals surface area contributed by atoms with Crippen LogP contribution >= 0.6 is 45.8 Å². The van der Waals surface area contributed by atoms with Gasteiger partial charge in [0.1, 0.15) is 0 Å². The van der Waals surface area contributed by atoms with Gasteiger partial charge in [-0.1, -0.05) is 47.5 Å². The highest BCUT2D eigenvalue weighted by molar-refractivity contribution is 14.1. The molecule has 0 atom stereocenters. The molecular weight excluding hydrogens is 462 g/mol. The first-order valence-electron chi connectivity index (χ1n) is 7.21. The van der Waals surface area contributed by atoms with Crippen molar-refractivity contribution in [3.63, 3.8) is 0 Å². The molecule has 2 amide bonds. The van der Waals surface area contributed by atoms with E-state index in [1.165, 1.54) is 0 Å². The minimum Gasteiger partial charge on any atom is -0.354 e. The van der Waals surface area contributed by atoms with Crippen molar-refractivity contribution in [2.24, 2.45) is 0 Å². The summed E-state index contributed by atoms with van der Waals surface area (Å²) in [7, 11) is 0. The van der Waals surface area contributed by atoms with Gasteiger partial charge >= 0.3 is 0 Å². The number of hydrogen-bond donors (Lipinski definition) is 2. The van der Waals surface area contributed by atoms with Gasteiger partial charge in [0.25, 0.3) is 5.91 Å². The lowest BCUT2D eigenvalue weighted by Crippen LogP contribution is -2.37. The number of amides is 2. The van der Waals surface area contributed by atoms with Crippen LogP contribution in [0.4, 0.5) is 0 Å². The quantitative estimate of drug-likeness (QED) is 0.625. The lowest BCUT2D eigenvalue weighted by molar-refractivity contribution is -0.120. The van der Waals surface area contributed by atoms with Gasteiger partial charge in [0, 0.05) is 10.1 Å². The van der Waals surface area contributed by atoms with Gasteiger partial charge < -0.3 is 10.6 Å². The number of hydrogen-bond acceptors (Lipinski definition) is 2. The van der Waals surface area contributed by atoms with Crippen molar-refractivity contribution in [2.45, 2.75) is 6.42 Å². The molecule has 0 aromatic heterocycles. The number of carbonyl (C=O) groups is 2. The maximum Gasteiger partial charge on any atom is 0.252 e. The molecule has 2 rings (SSSR count). The number of halogens is 3. The number of rotatable bonds is 6. The zero-order valence-electron chi connectivity index (χ0n) is 12.6. The molecule has 0 unspecified atom stereocenters. The molecule has 0 radical (unpaired) electrons. The van der Waals surface area contributed by atoms with Crippen LogP contribution in [0.1, 0.15) is 15.9 Å². The average molecular weight is 477 g/mol. The van der Waals surface area contributed by atoms with E-state index in [0.29, 0.717) is 28.6 Å². The molecule has 0 saturated carbocycles. The standard InChI is InChI=1S/C17H15Cl2IN2O2/c18-13-6-3-4-11(16(13)19)8-9-21-15(23)10-22-17(24)12-5-1-2-7-14(12)20/h1-7H,8-10H2,(H,21,23)(H,22,24). The summed E-state index contributed by atoms with van der Waals surface area (Å²) in [6, 6.07) is 12.6. The van der Waals surface area contributed by atoms with Gasteiger partial charge in [-0.3, -0.25) is 9.59 Å². The molecule has 0 aliphatic rings. The van der Waals surface area contributed by atoms with Gasteiger partial charge in [0.05, 0.1) is 22.2 Å². The molecule has 24 heavy (non-hydrogen) atoms. The number of carbonyl (C=O) groups excluding carboxylic acids is 2. The third kappa shape index (κ3) is 5.36. The van der Waals surface area contributed by atoms with E-state index in [2.05, 4.69) is 33.2 Å². The third-order valence-electron chi connectivity index (χ3n) is 3.28. The second-order valence-corrected chi connectivity index (χ2v) is 6.92. The van der Waals surface area contributed by atoms with Crippen molar-refractivity contribution in [1.82, 2.24) is 10.6 Å². The van der Waals surface area contributed by atoms with Crippen molar-refractivity contribution < 1.29 is 9.59 Å². The Labute approximate surface area is 164 Å². The minimum atomic E-state index is -0.270. The Hall–Kier alpha value is -1.31. The lowest BCUT2D eigenvalue weighted by atomic mass is 10.1. The number of benzene rings is 2. The predicted octanol–water partition coefficient (Wildman–Crippen LogP) is 3.69. The van der Waals surface area contributed by atoms with E-state index in [4.69, 9.17) is 23.2 Å². The van der Waals surface area contributed by atoms with Crippen molar-refractivity contribution in [3.8, 4) is 0 Å². The van der Waals surface area contributed by atoms with Crippen LogP contribution in [0.3, 0.4) is 0 Å². The molecule has 0 saturated heterocycles. The fourth-order valence-corrected chi connectivity index (χ4v) is 3.09. The van der Waals surface area contributed by atoms with Crippen molar-refractivity contribution >= 4 is 57.6 Å².